The maximum atomic E-state index is 6.18. The third kappa shape index (κ3) is 4.15. The van der Waals surface area contributed by atoms with Crippen LogP contribution in [0, 0.1) is 0 Å². The number of nitrogens with zero attached hydrogens (tertiary/aromatic N) is 1. The first kappa shape index (κ1) is 16.9. The van der Waals surface area contributed by atoms with E-state index < -0.39 is 0 Å². The van der Waals surface area contributed by atoms with E-state index in [1.165, 1.54) is 12.8 Å². The first-order valence-electron chi connectivity index (χ1n) is 7.62. The van der Waals surface area contributed by atoms with Gasteiger partial charge in [0.25, 0.3) is 0 Å². The molecular formula is C15H32N2O2. The molecule has 3 unspecified atom stereocenters. The molecule has 1 aliphatic carbocycles. The van der Waals surface area contributed by atoms with Gasteiger partial charge in [0.1, 0.15) is 0 Å². The first-order valence-corrected chi connectivity index (χ1v) is 7.62. The molecule has 1 saturated carbocycles. The number of methoxy groups -OCH3 is 2. The maximum Gasteiger partial charge on any atom is 0.0590 e. The lowest BCUT2D eigenvalue weighted by atomic mass is 9.77. The minimum Gasteiger partial charge on any atom is -0.383 e. The van der Waals surface area contributed by atoms with Crippen molar-refractivity contribution in [2.24, 2.45) is 5.73 Å². The van der Waals surface area contributed by atoms with Gasteiger partial charge in [0.2, 0.25) is 0 Å². The molecule has 0 aliphatic heterocycles. The van der Waals surface area contributed by atoms with Crippen LogP contribution in [0.3, 0.4) is 0 Å². The number of nitrogens with two attached hydrogens (primary N) is 1. The second-order valence-electron chi connectivity index (χ2n) is 5.83. The Morgan fingerprint density at radius 2 is 2.16 bits per heavy atom. The molecule has 2 N–H and O–H groups in total. The van der Waals surface area contributed by atoms with Gasteiger partial charge in [0.15, 0.2) is 0 Å². The third-order valence-electron chi connectivity index (χ3n) is 4.76. The Hall–Kier alpha value is -0.160. The molecule has 0 spiro atoms. The quantitative estimate of drug-likeness (QED) is 0.734. The fraction of sp³-hybridized carbons (Fsp3) is 1.00. The van der Waals surface area contributed by atoms with E-state index in [0.717, 1.165) is 32.4 Å². The lowest BCUT2D eigenvalue weighted by Crippen LogP contribution is -2.60. The molecule has 0 amide bonds. The van der Waals surface area contributed by atoms with Crippen LogP contribution in [0.15, 0.2) is 0 Å². The highest BCUT2D eigenvalue weighted by atomic mass is 16.5. The summed E-state index contributed by atoms with van der Waals surface area (Å²) in [5.74, 6) is 0. The molecule has 0 saturated heterocycles. The maximum absolute atomic E-state index is 6.18. The van der Waals surface area contributed by atoms with Gasteiger partial charge in [-0.1, -0.05) is 6.92 Å². The van der Waals surface area contributed by atoms with Crippen molar-refractivity contribution in [1.29, 1.82) is 0 Å². The minimum atomic E-state index is 0.0902. The van der Waals surface area contributed by atoms with Crippen molar-refractivity contribution >= 4 is 0 Å². The fourth-order valence-corrected chi connectivity index (χ4v) is 3.39. The Morgan fingerprint density at radius 3 is 2.68 bits per heavy atom. The topological polar surface area (TPSA) is 47.7 Å². The number of hydrogen-bond acceptors (Lipinski definition) is 4. The van der Waals surface area contributed by atoms with Crippen LogP contribution in [-0.4, -0.2) is 56.5 Å². The molecule has 0 radical (unpaired) electrons. The summed E-state index contributed by atoms with van der Waals surface area (Å²) >= 11 is 0. The molecule has 19 heavy (non-hydrogen) atoms. The van der Waals surface area contributed by atoms with Crippen LogP contribution in [0.25, 0.3) is 0 Å². The first-order chi connectivity index (χ1) is 9.13. The molecule has 3 atom stereocenters. The monoisotopic (exact) mass is 272 g/mol. The molecule has 1 rings (SSSR count). The highest BCUT2D eigenvalue weighted by Gasteiger charge is 2.41. The molecule has 4 heteroatoms. The normalized spacial score (nSPS) is 29.7. The summed E-state index contributed by atoms with van der Waals surface area (Å²) in [4.78, 5) is 2.57. The third-order valence-corrected chi connectivity index (χ3v) is 4.76. The zero-order valence-electron chi connectivity index (χ0n) is 13.2. The average molecular weight is 272 g/mol. The van der Waals surface area contributed by atoms with E-state index in [1.807, 2.05) is 7.11 Å². The van der Waals surface area contributed by atoms with Crippen LogP contribution in [0.4, 0.5) is 0 Å². The van der Waals surface area contributed by atoms with E-state index in [-0.39, 0.29) is 5.54 Å². The molecule has 4 nitrogen and oxygen atoms in total. The molecule has 0 aromatic carbocycles. The predicted octanol–water partition coefficient (Wildman–Crippen LogP) is 2.02. The van der Waals surface area contributed by atoms with Crippen LogP contribution >= 0.6 is 0 Å². The second-order valence-corrected chi connectivity index (χ2v) is 5.83. The van der Waals surface area contributed by atoms with Crippen molar-refractivity contribution in [3.8, 4) is 0 Å². The summed E-state index contributed by atoms with van der Waals surface area (Å²) in [6, 6.07) is 0.536. The Balaban J connectivity index is 2.85. The van der Waals surface area contributed by atoms with Gasteiger partial charge >= 0.3 is 0 Å². The van der Waals surface area contributed by atoms with E-state index in [4.69, 9.17) is 15.2 Å². The fourth-order valence-electron chi connectivity index (χ4n) is 3.39. The molecule has 114 valence electrons. The van der Waals surface area contributed by atoms with Crippen molar-refractivity contribution in [2.75, 3.05) is 33.9 Å². The Bertz CT molecular complexity index is 250. The van der Waals surface area contributed by atoms with Crippen molar-refractivity contribution in [3.05, 3.63) is 0 Å². The standard InChI is InChI=1S/C15H32N2O2/c1-5-13(2)17(9-10-18-3)15(12-16)8-6-7-14(11-15)19-4/h13-14H,5-12,16H2,1-4H3. The molecule has 0 heterocycles. The lowest BCUT2D eigenvalue weighted by molar-refractivity contribution is -0.0460. The molecular weight excluding hydrogens is 240 g/mol. The van der Waals surface area contributed by atoms with Crippen molar-refractivity contribution in [2.45, 2.75) is 63.6 Å². The van der Waals surface area contributed by atoms with E-state index in [2.05, 4.69) is 18.7 Å². The second kappa shape index (κ2) is 8.20. The van der Waals surface area contributed by atoms with Crippen LogP contribution in [0.5, 0.6) is 0 Å². The summed E-state index contributed by atoms with van der Waals surface area (Å²) in [5, 5.41) is 0. The van der Waals surface area contributed by atoms with Crippen LogP contribution in [-0.2, 0) is 9.47 Å². The summed E-state index contributed by atoms with van der Waals surface area (Å²) in [6.07, 6.45) is 6.09. The van der Waals surface area contributed by atoms with Crippen LogP contribution in [0.2, 0.25) is 0 Å². The van der Waals surface area contributed by atoms with Gasteiger partial charge in [-0.15, -0.1) is 0 Å². The van der Waals surface area contributed by atoms with Crippen LogP contribution in [0.1, 0.15) is 46.0 Å². The SMILES string of the molecule is CCC(C)N(CCOC)C1(CN)CCCC(OC)C1. The van der Waals surface area contributed by atoms with E-state index >= 15 is 0 Å². The Morgan fingerprint density at radius 1 is 1.42 bits per heavy atom. The van der Waals surface area contributed by atoms with Crippen molar-refractivity contribution in [1.82, 2.24) is 4.90 Å². The largest absolute Gasteiger partial charge is 0.383 e. The van der Waals surface area contributed by atoms with Crippen LogP contribution < -0.4 is 5.73 Å². The predicted molar refractivity (Wildman–Crippen MR) is 79.4 cm³/mol. The average Bonchev–Trinajstić information content (AvgIpc) is 2.47. The zero-order valence-corrected chi connectivity index (χ0v) is 13.2. The zero-order chi connectivity index (χ0) is 14.3. The molecule has 1 fully saturated rings. The van der Waals surface area contributed by atoms with Crippen molar-refractivity contribution in [3.63, 3.8) is 0 Å². The molecule has 0 aromatic heterocycles. The smallest absolute Gasteiger partial charge is 0.0590 e. The molecule has 1 aliphatic rings. The summed E-state index contributed by atoms with van der Waals surface area (Å²) < 4.78 is 10.9. The van der Waals surface area contributed by atoms with Gasteiger partial charge in [-0.2, -0.15) is 0 Å². The van der Waals surface area contributed by atoms with Gasteiger partial charge in [-0.25, -0.2) is 0 Å². The van der Waals surface area contributed by atoms with Crippen molar-refractivity contribution < 1.29 is 9.47 Å². The van der Waals surface area contributed by atoms with E-state index in [9.17, 15) is 0 Å². The summed E-state index contributed by atoms with van der Waals surface area (Å²) in [6.45, 7) is 6.97. The molecule has 0 aromatic rings. The van der Waals surface area contributed by atoms with E-state index in [0.29, 0.717) is 18.7 Å². The lowest BCUT2D eigenvalue weighted by Gasteiger charge is -2.50. The number of ether oxygens (including phenoxy) is 2. The molecule has 0 bridgehead atoms. The highest BCUT2D eigenvalue weighted by molar-refractivity contribution is 4.98. The minimum absolute atomic E-state index is 0.0902. The van der Waals surface area contributed by atoms with Gasteiger partial charge in [-0.3, -0.25) is 4.90 Å². The van der Waals surface area contributed by atoms with Gasteiger partial charge in [-0.05, 0) is 39.0 Å². The van der Waals surface area contributed by atoms with Gasteiger partial charge in [0, 0.05) is 38.9 Å². The Kier molecular flexibility index (Phi) is 7.29. The summed E-state index contributed by atoms with van der Waals surface area (Å²) in [7, 11) is 3.59. The van der Waals surface area contributed by atoms with Gasteiger partial charge in [0.05, 0.1) is 12.7 Å². The highest BCUT2D eigenvalue weighted by Crippen LogP contribution is 2.36. The number of rotatable bonds is 8. The summed E-state index contributed by atoms with van der Waals surface area (Å²) in [5.41, 5.74) is 6.27. The number of hydrogen-bond donors (Lipinski definition) is 1. The van der Waals surface area contributed by atoms with E-state index in [1.54, 1.807) is 7.11 Å². The van der Waals surface area contributed by atoms with Gasteiger partial charge < -0.3 is 15.2 Å². The Labute approximate surface area is 118 Å².